The Bertz CT molecular complexity index is 566. The Morgan fingerprint density at radius 1 is 1.00 bits per heavy atom. The van der Waals surface area contributed by atoms with E-state index in [9.17, 15) is 5.11 Å². The van der Waals surface area contributed by atoms with E-state index in [4.69, 9.17) is 9.47 Å². The summed E-state index contributed by atoms with van der Waals surface area (Å²) in [6.45, 7) is 0. The Morgan fingerprint density at radius 3 is 2.15 bits per heavy atom. The SMILES string of the molecule is COc1ccc(CC(O)c2ccc(OC)cc2Br)cc1. The van der Waals surface area contributed by atoms with Crippen LogP contribution >= 0.6 is 15.9 Å². The minimum Gasteiger partial charge on any atom is -0.497 e. The molecular formula is C16H17BrO3. The number of halogens is 1. The van der Waals surface area contributed by atoms with Gasteiger partial charge in [0.1, 0.15) is 11.5 Å². The molecule has 0 aliphatic carbocycles. The standard InChI is InChI=1S/C16H17BrO3/c1-19-12-5-3-11(4-6-12)9-16(18)14-8-7-13(20-2)10-15(14)17/h3-8,10,16,18H,9H2,1-2H3. The van der Waals surface area contributed by atoms with Crippen LogP contribution in [0.3, 0.4) is 0 Å². The number of aliphatic hydroxyl groups excluding tert-OH is 1. The zero-order valence-electron chi connectivity index (χ0n) is 11.5. The number of ether oxygens (including phenoxy) is 2. The van der Waals surface area contributed by atoms with E-state index >= 15 is 0 Å². The molecule has 2 rings (SSSR count). The smallest absolute Gasteiger partial charge is 0.120 e. The maximum Gasteiger partial charge on any atom is 0.120 e. The molecule has 0 bridgehead atoms. The lowest BCUT2D eigenvalue weighted by molar-refractivity contribution is 0.177. The highest BCUT2D eigenvalue weighted by molar-refractivity contribution is 9.10. The van der Waals surface area contributed by atoms with Crippen molar-refractivity contribution in [2.24, 2.45) is 0 Å². The van der Waals surface area contributed by atoms with Gasteiger partial charge in [0.2, 0.25) is 0 Å². The van der Waals surface area contributed by atoms with E-state index < -0.39 is 6.10 Å². The first-order chi connectivity index (χ1) is 9.63. The monoisotopic (exact) mass is 336 g/mol. The number of benzene rings is 2. The lowest BCUT2D eigenvalue weighted by Crippen LogP contribution is -2.03. The zero-order valence-corrected chi connectivity index (χ0v) is 13.1. The summed E-state index contributed by atoms with van der Waals surface area (Å²) in [6, 6.07) is 13.3. The van der Waals surface area contributed by atoms with Gasteiger partial charge >= 0.3 is 0 Å². The van der Waals surface area contributed by atoms with Gasteiger partial charge in [-0.3, -0.25) is 0 Å². The second-order valence-corrected chi connectivity index (χ2v) is 5.31. The largest absolute Gasteiger partial charge is 0.497 e. The van der Waals surface area contributed by atoms with Gasteiger partial charge in [0, 0.05) is 10.9 Å². The van der Waals surface area contributed by atoms with Crippen LogP contribution in [0.4, 0.5) is 0 Å². The third-order valence-corrected chi connectivity index (χ3v) is 3.84. The van der Waals surface area contributed by atoms with Crippen LogP contribution in [0, 0.1) is 0 Å². The predicted octanol–water partition coefficient (Wildman–Crippen LogP) is 3.74. The van der Waals surface area contributed by atoms with E-state index in [1.54, 1.807) is 14.2 Å². The van der Waals surface area contributed by atoms with Crippen molar-refractivity contribution in [3.8, 4) is 11.5 Å². The maximum atomic E-state index is 10.3. The van der Waals surface area contributed by atoms with Crippen LogP contribution in [0.15, 0.2) is 46.9 Å². The van der Waals surface area contributed by atoms with Gasteiger partial charge in [-0.1, -0.05) is 34.1 Å². The van der Waals surface area contributed by atoms with Crippen LogP contribution in [0.25, 0.3) is 0 Å². The Morgan fingerprint density at radius 2 is 1.60 bits per heavy atom. The normalized spacial score (nSPS) is 12.0. The lowest BCUT2D eigenvalue weighted by atomic mass is 10.0. The molecule has 0 aliphatic heterocycles. The molecule has 106 valence electrons. The summed E-state index contributed by atoms with van der Waals surface area (Å²) < 4.78 is 11.1. The van der Waals surface area contributed by atoms with Crippen molar-refractivity contribution >= 4 is 15.9 Å². The molecule has 3 nitrogen and oxygen atoms in total. The summed E-state index contributed by atoms with van der Waals surface area (Å²) in [5.41, 5.74) is 1.91. The summed E-state index contributed by atoms with van der Waals surface area (Å²) in [6.07, 6.45) is -0.0155. The fourth-order valence-corrected chi connectivity index (χ4v) is 2.62. The topological polar surface area (TPSA) is 38.7 Å². The molecule has 0 aliphatic rings. The fourth-order valence-electron chi connectivity index (χ4n) is 2.00. The van der Waals surface area contributed by atoms with Crippen LogP contribution in [-0.2, 0) is 6.42 Å². The van der Waals surface area contributed by atoms with E-state index in [-0.39, 0.29) is 0 Å². The van der Waals surface area contributed by atoms with Gasteiger partial charge in [0.15, 0.2) is 0 Å². The third kappa shape index (κ3) is 3.52. The van der Waals surface area contributed by atoms with E-state index in [0.717, 1.165) is 27.1 Å². The van der Waals surface area contributed by atoms with Gasteiger partial charge < -0.3 is 14.6 Å². The van der Waals surface area contributed by atoms with E-state index in [2.05, 4.69) is 15.9 Å². The van der Waals surface area contributed by atoms with Gasteiger partial charge in [0.25, 0.3) is 0 Å². The van der Waals surface area contributed by atoms with Crippen LogP contribution < -0.4 is 9.47 Å². The second kappa shape index (κ2) is 6.77. The summed E-state index contributed by atoms with van der Waals surface area (Å²) in [5.74, 6) is 1.58. The molecule has 0 fully saturated rings. The van der Waals surface area contributed by atoms with Crippen LogP contribution in [0.1, 0.15) is 17.2 Å². The molecule has 20 heavy (non-hydrogen) atoms. The summed E-state index contributed by atoms with van der Waals surface area (Å²) >= 11 is 3.46. The molecule has 1 unspecified atom stereocenters. The molecule has 2 aromatic carbocycles. The highest BCUT2D eigenvalue weighted by atomic mass is 79.9. The van der Waals surface area contributed by atoms with Crippen molar-refractivity contribution in [3.05, 3.63) is 58.1 Å². The van der Waals surface area contributed by atoms with Gasteiger partial charge in [-0.05, 0) is 35.4 Å². The number of rotatable bonds is 5. The highest BCUT2D eigenvalue weighted by Crippen LogP contribution is 2.29. The van der Waals surface area contributed by atoms with Crippen molar-refractivity contribution in [2.45, 2.75) is 12.5 Å². The fraction of sp³-hybridized carbons (Fsp3) is 0.250. The van der Waals surface area contributed by atoms with Gasteiger partial charge in [-0.15, -0.1) is 0 Å². The van der Waals surface area contributed by atoms with Crippen molar-refractivity contribution in [3.63, 3.8) is 0 Å². The molecule has 4 heteroatoms. The number of methoxy groups -OCH3 is 2. The maximum absolute atomic E-state index is 10.3. The highest BCUT2D eigenvalue weighted by Gasteiger charge is 2.13. The van der Waals surface area contributed by atoms with Crippen LogP contribution in [0.5, 0.6) is 11.5 Å². The summed E-state index contributed by atoms with van der Waals surface area (Å²) in [4.78, 5) is 0. The Hall–Kier alpha value is -1.52. The number of hydrogen-bond donors (Lipinski definition) is 1. The first-order valence-corrected chi connectivity index (χ1v) is 7.07. The van der Waals surface area contributed by atoms with Crippen molar-refractivity contribution in [2.75, 3.05) is 14.2 Å². The quantitative estimate of drug-likeness (QED) is 0.903. The van der Waals surface area contributed by atoms with Crippen LogP contribution in [0.2, 0.25) is 0 Å². The summed E-state index contributed by atoms with van der Waals surface area (Å²) in [7, 11) is 3.26. The summed E-state index contributed by atoms with van der Waals surface area (Å²) in [5, 5.41) is 10.3. The third-order valence-electron chi connectivity index (χ3n) is 3.15. The molecule has 0 radical (unpaired) electrons. The molecule has 0 spiro atoms. The van der Waals surface area contributed by atoms with E-state index in [1.165, 1.54) is 0 Å². The van der Waals surface area contributed by atoms with Gasteiger partial charge in [-0.2, -0.15) is 0 Å². The Balaban J connectivity index is 2.12. The predicted molar refractivity (Wildman–Crippen MR) is 82.4 cm³/mol. The molecule has 0 saturated heterocycles. The van der Waals surface area contributed by atoms with E-state index in [1.807, 2.05) is 42.5 Å². The van der Waals surface area contributed by atoms with E-state index in [0.29, 0.717) is 6.42 Å². The Labute approximate surface area is 127 Å². The van der Waals surface area contributed by atoms with Gasteiger partial charge in [-0.25, -0.2) is 0 Å². The van der Waals surface area contributed by atoms with Crippen molar-refractivity contribution in [1.82, 2.24) is 0 Å². The van der Waals surface area contributed by atoms with Crippen molar-refractivity contribution in [1.29, 1.82) is 0 Å². The molecule has 0 saturated carbocycles. The number of aliphatic hydroxyl groups is 1. The number of hydrogen-bond acceptors (Lipinski definition) is 3. The zero-order chi connectivity index (χ0) is 14.5. The molecule has 0 amide bonds. The average molecular weight is 337 g/mol. The first-order valence-electron chi connectivity index (χ1n) is 6.28. The molecule has 0 aromatic heterocycles. The molecular weight excluding hydrogens is 320 g/mol. The van der Waals surface area contributed by atoms with Crippen molar-refractivity contribution < 1.29 is 14.6 Å². The minimum absolute atomic E-state index is 0.551. The Kier molecular flexibility index (Phi) is 5.04. The average Bonchev–Trinajstić information content (AvgIpc) is 2.47. The molecule has 1 N–H and O–H groups in total. The molecule has 2 aromatic rings. The lowest BCUT2D eigenvalue weighted by Gasteiger charge is -2.14. The minimum atomic E-state index is -0.566. The van der Waals surface area contributed by atoms with Gasteiger partial charge in [0.05, 0.1) is 20.3 Å². The van der Waals surface area contributed by atoms with Crippen LogP contribution in [-0.4, -0.2) is 19.3 Å². The molecule has 0 heterocycles. The second-order valence-electron chi connectivity index (χ2n) is 4.46. The molecule has 1 atom stereocenters. The first kappa shape index (κ1) is 14.9.